The highest BCUT2D eigenvalue weighted by Crippen LogP contribution is 2.31. The van der Waals surface area contributed by atoms with Crippen molar-refractivity contribution in [2.75, 3.05) is 19.6 Å². The third kappa shape index (κ3) is 4.26. The lowest BCUT2D eigenvalue weighted by Crippen LogP contribution is -2.37. The van der Waals surface area contributed by atoms with Gasteiger partial charge in [-0.2, -0.15) is 0 Å². The van der Waals surface area contributed by atoms with Crippen LogP contribution in [0.15, 0.2) is 0 Å². The van der Waals surface area contributed by atoms with Crippen molar-refractivity contribution < 1.29 is 4.79 Å². The van der Waals surface area contributed by atoms with Crippen LogP contribution in [0, 0.1) is 12.8 Å². The molecule has 1 aromatic rings. The molecule has 23 heavy (non-hydrogen) atoms. The van der Waals surface area contributed by atoms with Gasteiger partial charge < -0.3 is 9.88 Å². The van der Waals surface area contributed by atoms with Crippen molar-refractivity contribution >= 4 is 5.78 Å². The summed E-state index contributed by atoms with van der Waals surface area (Å²) in [5.41, 5.74) is 4.67. The molecule has 1 aliphatic rings. The minimum atomic E-state index is 0.191. The Kier molecular flexibility index (Phi) is 6.88. The molecule has 0 radical (unpaired) electrons. The van der Waals surface area contributed by atoms with Crippen LogP contribution in [0.4, 0.5) is 0 Å². The monoisotopic (exact) mass is 318 g/mol. The maximum Gasteiger partial charge on any atom is 0.169 e. The van der Waals surface area contributed by atoms with Crippen LogP contribution in [0.3, 0.4) is 0 Å². The molecule has 0 aliphatic heterocycles. The number of carbonyl (C=O) groups excluding carboxylic acids is 1. The fraction of sp³-hybridized carbons (Fsp3) is 0.750. The van der Waals surface area contributed by atoms with Crippen LogP contribution in [0.2, 0.25) is 0 Å². The Balaban J connectivity index is 2.09. The lowest BCUT2D eigenvalue weighted by atomic mass is 9.83. The molecule has 0 spiro atoms. The molecule has 0 saturated carbocycles. The number of carbonyl (C=O) groups is 1. The zero-order valence-corrected chi connectivity index (χ0v) is 15.5. The topological polar surface area (TPSA) is 36.1 Å². The predicted molar refractivity (Wildman–Crippen MR) is 97.3 cm³/mol. The summed E-state index contributed by atoms with van der Waals surface area (Å²) in [7, 11) is 0. The number of aromatic nitrogens is 1. The van der Waals surface area contributed by atoms with Gasteiger partial charge in [-0.25, -0.2) is 0 Å². The van der Waals surface area contributed by atoms with E-state index >= 15 is 0 Å². The van der Waals surface area contributed by atoms with Crippen molar-refractivity contribution in [2.24, 2.45) is 5.92 Å². The number of hydrogen-bond acceptors (Lipinski definition) is 2. The predicted octanol–water partition coefficient (Wildman–Crippen LogP) is 4.53. The second-order valence-corrected chi connectivity index (χ2v) is 7.04. The number of Topliss-reactive ketones (excluding diaryl/α,β-unsaturated/α-hetero) is 1. The molecule has 3 heteroatoms. The lowest BCUT2D eigenvalue weighted by molar-refractivity contribution is 0.0854. The Morgan fingerprint density at radius 2 is 1.78 bits per heavy atom. The van der Waals surface area contributed by atoms with Crippen molar-refractivity contribution in [2.45, 2.75) is 72.6 Å². The molecule has 0 bridgehead atoms. The number of aryl methyl sites for hydroxylation is 2. The summed E-state index contributed by atoms with van der Waals surface area (Å²) in [5, 5.41) is 0. The standard InChI is InChI=1S/C20H34N2O/c1-5-8-12-22(13-9-6-2)14-16-10-11-18-19(20(16)23)17(7-3)15(4)21-18/h16,21H,5-14H2,1-4H3. The molecule has 0 aromatic carbocycles. The summed E-state index contributed by atoms with van der Waals surface area (Å²) in [6, 6.07) is 0. The van der Waals surface area contributed by atoms with E-state index in [1.54, 1.807) is 0 Å². The van der Waals surface area contributed by atoms with Crippen molar-refractivity contribution in [1.82, 2.24) is 9.88 Å². The first-order valence-corrected chi connectivity index (χ1v) is 9.59. The summed E-state index contributed by atoms with van der Waals surface area (Å²) >= 11 is 0. The highest BCUT2D eigenvalue weighted by atomic mass is 16.1. The first-order valence-electron chi connectivity index (χ1n) is 9.59. The van der Waals surface area contributed by atoms with Gasteiger partial charge in [0.1, 0.15) is 0 Å². The molecule has 0 fully saturated rings. The summed E-state index contributed by atoms with van der Waals surface area (Å²) < 4.78 is 0. The maximum absolute atomic E-state index is 13.0. The molecule has 1 N–H and O–H groups in total. The van der Waals surface area contributed by atoms with E-state index in [4.69, 9.17) is 0 Å². The van der Waals surface area contributed by atoms with Gasteiger partial charge in [-0.05, 0) is 57.7 Å². The number of ketones is 1. The molecular formula is C20H34N2O. The zero-order chi connectivity index (χ0) is 16.8. The Morgan fingerprint density at radius 3 is 2.35 bits per heavy atom. The van der Waals surface area contributed by atoms with Crippen LogP contribution in [0.25, 0.3) is 0 Å². The van der Waals surface area contributed by atoms with Gasteiger partial charge in [0.2, 0.25) is 0 Å². The minimum absolute atomic E-state index is 0.191. The lowest BCUT2D eigenvalue weighted by Gasteiger charge is -2.29. The van der Waals surface area contributed by atoms with Crippen molar-refractivity contribution in [3.8, 4) is 0 Å². The number of rotatable bonds is 9. The Hall–Kier alpha value is -1.09. The van der Waals surface area contributed by atoms with Gasteiger partial charge in [0.25, 0.3) is 0 Å². The molecule has 0 saturated heterocycles. The largest absolute Gasteiger partial charge is 0.362 e. The maximum atomic E-state index is 13.0. The summed E-state index contributed by atoms with van der Waals surface area (Å²) in [6.45, 7) is 12.0. The number of unbranched alkanes of at least 4 members (excludes halogenated alkanes) is 2. The Morgan fingerprint density at radius 1 is 1.13 bits per heavy atom. The van der Waals surface area contributed by atoms with Gasteiger partial charge in [-0.1, -0.05) is 33.6 Å². The third-order valence-electron chi connectivity index (χ3n) is 5.24. The zero-order valence-electron chi connectivity index (χ0n) is 15.5. The van der Waals surface area contributed by atoms with E-state index in [2.05, 4.69) is 37.6 Å². The molecular weight excluding hydrogens is 284 g/mol. The molecule has 2 rings (SSSR count). The van der Waals surface area contributed by atoms with E-state index in [9.17, 15) is 4.79 Å². The third-order valence-corrected chi connectivity index (χ3v) is 5.24. The summed E-state index contributed by atoms with van der Waals surface area (Å²) in [6.07, 6.45) is 7.90. The van der Waals surface area contributed by atoms with Crippen LogP contribution in [-0.2, 0) is 12.8 Å². The summed E-state index contributed by atoms with van der Waals surface area (Å²) in [4.78, 5) is 19.0. The first kappa shape index (κ1) is 18.3. The van der Waals surface area contributed by atoms with Crippen LogP contribution >= 0.6 is 0 Å². The van der Waals surface area contributed by atoms with Crippen molar-refractivity contribution in [1.29, 1.82) is 0 Å². The van der Waals surface area contributed by atoms with Gasteiger partial charge in [-0.3, -0.25) is 4.79 Å². The fourth-order valence-corrected chi connectivity index (χ4v) is 3.86. The quantitative estimate of drug-likeness (QED) is 0.726. The minimum Gasteiger partial charge on any atom is -0.362 e. The average Bonchev–Trinajstić information content (AvgIpc) is 2.88. The summed E-state index contributed by atoms with van der Waals surface area (Å²) in [5.74, 6) is 0.585. The number of fused-ring (bicyclic) bond motifs is 1. The van der Waals surface area contributed by atoms with Crippen LogP contribution in [-0.4, -0.2) is 35.3 Å². The van der Waals surface area contributed by atoms with E-state index in [1.165, 1.54) is 42.6 Å². The second kappa shape index (κ2) is 8.68. The normalized spacial score (nSPS) is 17.8. The van der Waals surface area contributed by atoms with E-state index in [1.807, 2.05) is 0 Å². The van der Waals surface area contributed by atoms with Gasteiger partial charge in [-0.15, -0.1) is 0 Å². The molecule has 0 amide bonds. The van der Waals surface area contributed by atoms with Crippen molar-refractivity contribution in [3.63, 3.8) is 0 Å². The van der Waals surface area contributed by atoms with Crippen LogP contribution < -0.4 is 0 Å². The number of hydrogen-bond donors (Lipinski definition) is 1. The Bertz CT molecular complexity index is 510. The van der Waals surface area contributed by atoms with E-state index < -0.39 is 0 Å². The molecule has 130 valence electrons. The second-order valence-electron chi connectivity index (χ2n) is 7.04. The van der Waals surface area contributed by atoms with E-state index in [0.29, 0.717) is 5.78 Å². The molecule has 1 aromatic heterocycles. The van der Waals surface area contributed by atoms with Gasteiger partial charge in [0.15, 0.2) is 5.78 Å². The van der Waals surface area contributed by atoms with Gasteiger partial charge in [0, 0.05) is 29.4 Å². The van der Waals surface area contributed by atoms with Gasteiger partial charge >= 0.3 is 0 Å². The van der Waals surface area contributed by atoms with Crippen molar-refractivity contribution in [3.05, 3.63) is 22.5 Å². The van der Waals surface area contributed by atoms with E-state index in [0.717, 1.165) is 44.5 Å². The van der Waals surface area contributed by atoms with Crippen LogP contribution in [0.5, 0.6) is 0 Å². The number of H-pyrrole nitrogens is 1. The molecule has 1 heterocycles. The highest BCUT2D eigenvalue weighted by molar-refractivity contribution is 6.01. The number of nitrogens with one attached hydrogen (secondary N) is 1. The van der Waals surface area contributed by atoms with E-state index in [-0.39, 0.29) is 5.92 Å². The smallest absolute Gasteiger partial charge is 0.169 e. The van der Waals surface area contributed by atoms with Gasteiger partial charge in [0.05, 0.1) is 0 Å². The molecule has 1 atom stereocenters. The molecule has 1 unspecified atom stereocenters. The molecule has 3 nitrogen and oxygen atoms in total. The number of nitrogens with zero attached hydrogens (tertiary/aromatic N) is 1. The first-order chi connectivity index (χ1) is 11.1. The highest BCUT2D eigenvalue weighted by Gasteiger charge is 2.32. The Labute approximate surface area is 141 Å². The average molecular weight is 319 g/mol. The SMILES string of the molecule is CCCCN(CCCC)CC1CCc2[nH]c(C)c(CC)c2C1=O. The molecule has 1 aliphatic carbocycles. The fourth-order valence-electron chi connectivity index (χ4n) is 3.86. The number of aromatic amines is 1. The van der Waals surface area contributed by atoms with Crippen LogP contribution in [0.1, 0.15) is 80.2 Å².